The number of nitrogens with zero attached hydrogens (tertiary/aromatic N) is 1. The lowest BCUT2D eigenvalue weighted by atomic mass is 10.0. The molecule has 11 aromatic carbocycles. The maximum atomic E-state index is 12.7. The Morgan fingerprint density at radius 3 is 1.42 bits per heavy atom. The molecule has 1 aromatic heterocycles. The Balaban J connectivity index is 0.000000143. The second kappa shape index (κ2) is 28.5. The van der Waals surface area contributed by atoms with Crippen LogP contribution in [-0.4, -0.2) is 76.0 Å². The van der Waals surface area contributed by atoms with E-state index >= 15 is 0 Å². The summed E-state index contributed by atoms with van der Waals surface area (Å²) in [7, 11) is 2.41. The number of rotatable bonds is 11. The zero-order valence-corrected chi connectivity index (χ0v) is 47.9. The highest BCUT2D eigenvalue weighted by Gasteiger charge is 2.20. The lowest BCUT2D eigenvalue weighted by Crippen LogP contribution is -2.14. The summed E-state index contributed by atoms with van der Waals surface area (Å²) in [6, 6.07) is 65.3. The van der Waals surface area contributed by atoms with Crippen LogP contribution in [0.3, 0.4) is 0 Å². The number of ether oxygens (including phenoxy) is 4. The molecule has 0 aliphatic heterocycles. The number of amides is 2. The molecule has 1 heterocycles. The molecular weight excluding hydrogens is 1130 g/mol. The highest BCUT2D eigenvalue weighted by Crippen LogP contribution is 2.33. The number of para-hydroxylation sites is 3. The van der Waals surface area contributed by atoms with Gasteiger partial charge >= 0.3 is 17.9 Å². The quantitative estimate of drug-likeness (QED) is 0.0519. The van der Waals surface area contributed by atoms with Crippen LogP contribution in [0.1, 0.15) is 58.7 Å². The second-order valence-electron chi connectivity index (χ2n) is 19.2. The van der Waals surface area contributed by atoms with Gasteiger partial charge in [-0.3, -0.25) is 14.4 Å². The van der Waals surface area contributed by atoms with Crippen LogP contribution in [0.5, 0.6) is 34.5 Å². The van der Waals surface area contributed by atoms with Crippen molar-refractivity contribution in [3.63, 3.8) is 0 Å². The van der Waals surface area contributed by atoms with Gasteiger partial charge in [0.15, 0.2) is 0 Å². The molecule has 0 spiro atoms. The van der Waals surface area contributed by atoms with Gasteiger partial charge in [-0.1, -0.05) is 133 Å². The second-order valence-corrected chi connectivity index (χ2v) is 19.2. The van der Waals surface area contributed by atoms with Gasteiger partial charge in [0.05, 0.1) is 54.0 Å². The van der Waals surface area contributed by atoms with Gasteiger partial charge in [0.1, 0.15) is 45.6 Å². The Hall–Kier alpha value is -12.3. The number of esters is 3. The summed E-state index contributed by atoms with van der Waals surface area (Å²) in [5.74, 6) is -1.73. The van der Waals surface area contributed by atoms with Gasteiger partial charge in [-0.05, 0) is 120 Å². The molecule has 89 heavy (non-hydrogen) atoms. The van der Waals surface area contributed by atoms with Crippen LogP contribution < -0.4 is 25.7 Å². The maximum Gasteiger partial charge on any atom is 0.347 e. The van der Waals surface area contributed by atoms with Crippen LogP contribution in [0.25, 0.3) is 54.7 Å². The standard InChI is InChI=1S/C21H17NO6.C19H17NO3.C17H12O3.C14H9NO3/c1-27-20(25)13-9-14(21(26)28-2)11-15(10-13)22-19(24)17-8-7-12-5-3-4-6-16(12)18(17)23;1-2-23-15-10-8-14(9-11-15)20-19(22)17-12-7-13-5-3-4-6-16(13)18(17)21;18-16-14-9-5-4-6-12(14)10-11-15(16)17(19)20-13-7-2-1-3-8-13;16-11-7-3-1-5-9(11)14-15-13(17)10-6-2-4-8-12(10)18-14/h3-11,23H,1-2H3,(H,22,24);3-12,21H,2H2,1H3,(H,20,22);1-11,18H;1-8,16H. The first-order valence-electron chi connectivity index (χ1n) is 27.4. The molecular formula is C71H55N3O15. The van der Waals surface area contributed by atoms with E-state index in [0.717, 1.165) is 21.9 Å². The minimum atomic E-state index is -0.671. The van der Waals surface area contributed by atoms with Crippen molar-refractivity contribution >= 4 is 84.4 Å². The smallest absolute Gasteiger partial charge is 0.347 e. The summed E-state index contributed by atoms with van der Waals surface area (Å²) >= 11 is 0. The molecule has 18 heteroatoms. The van der Waals surface area contributed by atoms with Gasteiger partial charge < -0.3 is 54.4 Å². The molecule has 12 aromatic rings. The molecule has 0 bridgehead atoms. The molecule has 0 aliphatic rings. The first-order chi connectivity index (χ1) is 43.1. The fourth-order valence-electron chi connectivity index (χ4n) is 9.10. The average Bonchev–Trinajstić information content (AvgIpc) is 1.70. The summed E-state index contributed by atoms with van der Waals surface area (Å²) < 4.78 is 25.5. The number of hydrogen-bond acceptors (Lipinski definition) is 16. The lowest BCUT2D eigenvalue weighted by Gasteiger charge is -2.11. The third kappa shape index (κ3) is 14.8. The number of benzene rings is 11. The molecule has 0 saturated carbocycles. The van der Waals surface area contributed by atoms with E-state index in [0.29, 0.717) is 50.7 Å². The summed E-state index contributed by atoms with van der Waals surface area (Å²) in [6.07, 6.45) is 0. The van der Waals surface area contributed by atoms with Crippen molar-refractivity contribution in [2.75, 3.05) is 31.5 Å². The molecule has 2 amide bonds. The zero-order chi connectivity index (χ0) is 63.0. The Labute approximate surface area is 508 Å². The van der Waals surface area contributed by atoms with E-state index in [9.17, 15) is 49.2 Å². The van der Waals surface area contributed by atoms with Crippen molar-refractivity contribution in [3.8, 4) is 46.0 Å². The number of methoxy groups -OCH3 is 2. The highest BCUT2D eigenvalue weighted by atomic mass is 16.5. The van der Waals surface area contributed by atoms with Gasteiger partial charge in [0.25, 0.3) is 17.4 Å². The number of carbonyl (C=O) groups excluding carboxylic acids is 5. The minimum Gasteiger partial charge on any atom is -0.507 e. The monoisotopic (exact) mass is 1190 g/mol. The summed E-state index contributed by atoms with van der Waals surface area (Å²) in [5, 5.41) is 50.9. The number of anilines is 2. The number of hydrogen-bond donors (Lipinski definition) is 6. The summed E-state index contributed by atoms with van der Waals surface area (Å²) in [4.78, 5) is 76.6. The van der Waals surface area contributed by atoms with Crippen LogP contribution >= 0.6 is 0 Å². The fourth-order valence-corrected chi connectivity index (χ4v) is 9.10. The third-order valence-electron chi connectivity index (χ3n) is 13.5. The summed E-state index contributed by atoms with van der Waals surface area (Å²) in [6.45, 7) is 2.51. The molecule has 12 rings (SSSR count). The van der Waals surface area contributed by atoms with Gasteiger partial charge in [-0.2, -0.15) is 4.98 Å². The van der Waals surface area contributed by atoms with Crippen molar-refractivity contribution in [1.29, 1.82) is 0 Å². The Morgan fingerprint density at radius 1 is 0.449 bits per heavy atom. The first kappa shape index (κ1) is 61.3. The molecule has 444 valence electrons. The van der Waals surface area contributed by atoms with E-state index in [-0.39, 0.29) is 73.9 Å². The van der Waals surface area contributed by atoms with E-state index in [4.69, 9.17) is 13.9 Å². The van der Waals surface area contributed by atoms with Crippen molar-refractivity contribution in [2.45, 2.75) is 6.92 Å². The van der Waals surface area contributed by atoms with E-state index in [1.807, 2.05) is 67.6 Å². The van der Waals surface area contributed by atoms with E-state index in [2.05, 4.69) is 25.1 Å². The van der Waals surface area contributed by atoms with Crippen LogP contribution in [-0.2, 0) is 9.47 Å². The SMILES string of the molecule is CCOc1ccc(NC(=O)c2ccc3ccccc3c2O)cc1.COC(=O)c1cc(NC(=O)c2ccc3ccccc3c2O)cc(C(=O)OC)c1.O=C(Oc1ccccc1)c1ccc2ccccc2c1O.O=c1nc(-c2ccccc2O)oc2ccccc12. The van der Waals surface area contributed by atoms with Crippen LogP contribution in [0.15, 0.2) is 240 Å². The van der Waals surface area contributed by atoms with Crippen molar-refractivity contribution < 1.29 is 67.8 Å². The third-order valence-corrected chi connectivity index (χ3v) is 13.5. The number of phenols is 4. The van der Waals surface area contributed by atoms with Crippen molar-refractivity contribution in [3.05, 3.63) is 269 Å². The average molecular weight is 1190 g/mol. The van der Waals surface area contributed by atoms with Gasteiger partial charge in [0.2, 0.25) is 5.89 Å². The molecule has 0 aliphatic carbocycles. The molecule has 0 fully saturated rings. The normalized spacial score (nSPS) is 10.5. The lowest BCUT2D eigenvalue weighted by molar-refractivity contribution is 0.0597. The number of nitrogens with one attached hydrogen (secondary N) is 2. The van der Waals surface area contributed by atoms with E-state index in [1.54, 1.807) is 140 Å². The minimum absolute atomic E-state index is 0.00784. The van der Waals surface area contributed by atoms with Crippen molar-refractivity contribution in [2.24, 2.45) is 0 Å². The largest absolute Gasteiger partial charge is 0.507 e. The predicted molar refractivity (Wildman–Crippen MR) is 338 cm³/mol. The van der Waals surface area contributed by atoms with Gasteiger partial charge in [0, 0.05) is 27.5 Å². The fraction of sp³-hybridized carbons (Fsp3) is 0.0563. The Bertz CT molecular complexity index is 4610. The summed E-state index contributed by atoms with van der Waals surface area (Å²) in [5.41, 5.74) is 1.93. The number of aromatic hydroxyl groups is 4. The Morgan fingerprint density at radius 2 is 0.899 bits per heavy atom. The van der Waals surface area contributed by atoms with E-state index < -0.39 is 23.8 Å². The van der Waals surface area contributed by atoms with Gasteiger partial charge in [-0.15, -0.1) is 0 Å². The highest BCUT2D eigenvalue weighted by molar-refractivity contribution is 6.11. The van der Waals surface area contributed by atoms with Crippen LogP contribution in [0.4, 0.5) is 11.4 Å². The molecule has 0 unspecified atom stereocenters. The molecule has 6 N–H and O–H groups in total. The van der Waals surface area contributed by atoms with Crippen LogP contribution in [0, 0.1) is 0 Å². The number of carbonyl (C=O) groups is 5. The predicted octanol–water partition coefficient (Wildman–Crippen LogP) is 13.9. The van der Waals surface area contributed by atoms with E-state index in [1.165, 1.54) is 44.6 Å². The molecule has 18 nitrogen and oxygen atoms in total. The Kier molecular flexibility index (Phi) is 19.6. The van der Waals surface area contributed by atoms with Crippen LogP contribution in [0.2, 0.25) is 0 Å². The number of phenolic OH excluding ortho intramolecular Hbond substituents is 4. The van der Waals surface area contributed by atoms with Crippen molar-refractivity contribution in [1.82, 2.24) is 4.98 Å². The zero-order valence-electron chi connectivity index (χ0n) is 47.9. The first-order valence-corrected chi connectivity index (χ1v) is 27.4. The number of aromatic nitrogens is 1. The maximum absolute atomic E-state index is 12.7. The molecule has 0 atom stereocenters. The number of fused-ring (bicyclic) bond motifs is 4. The molecule has 0 radical (unpaired) electrons. The molecule has 0 saturated heterocycles. The van der Waals surface area contributed by atoms with Gasteiger partial charge in [-0.25, -0.2) is 14.4 Å². The topological polar surface area (TPSA) is 270 Å².